The highest BCUT2D eigenvalue weighted by Gasteiger charge is 2.54. The zero-order valence-electron chi connectivity index (χ0n) is 21.2. The molecule has 1 unspecified atom stereocenters. The van der Waals surface area contributed by atoms with Crippen LogP contribution in [0.3, 0.4) is 0 Å². The Labute approximate surface area is 226 Å². The highest BCUT2D eigenvalue weighted by Crippen LogP contribution is 2.67. The maximum absolute atomic E-state index is 4.12. The first-order valence-electron chi connectivity index (χ1n) is 12.3. The third-order valence-corrected chi connectivity index (χ3v) is 9.24. The fourth-order valence-corrected chi connectivity index (χ4v) is 7.39. The maximum atomic E-state index is 4.12. The van der Waals surface area contributed by atoms with E-state index in [9.17, 15) is 0 Å². The second-order valence-corrected chi connectivity index (χ2v) is 13.9. The van der Waals surface area contributed by atoms with Gasteiger partial charge in [0.05, 0.1) is 5.41 Å². The Morgan fingerprint density at radius 1 is 0.629 bits per heavy atom. The summed E-state index contributed by atoms with van der Waals surface area (Å²) < 4.78 is 2.33. The van der Waals surface area contributed by atoms with Crippen molar-refractivity contribution in [3.63, 3.8) is 0 Å². The third kappa shape index (κ3) is 3.22. The van der Waals surface area contributed by atoms with Crippen molar-refractivity contribution < 1.29 is 0 Å². The van der Waals surface area contributed by atoms with Crippen LogP contribution in [0.2, 0.25) is 0 Å². The van der Waals surface area contributed by atoms with Crippen LogP contribution in [0.5, 0.6) is 0 Å². The summed E-state index contributed by atoms with van der Waals surface area (Å²) in [6.07, 6.45) is 14.2. The first kappa shape index (κ1) is 23.3. The molecule has 2 aromatic carbocycles. The van der Waals surface area contributed by atoms with E-state index in [4.69, 9.17) is 0 Å². The monoisotopic (exact) mass is 584 g/mol. The summed E-state index contributed by atoms with van der Waals surface area (Å²) in [5, 5.41) is 0. The van der Waals surface area contributed by atoms with E-state index in [1.54, 1.807) is 0 Å². The molecule has 176 valence electrons. The van der Waals surface area contributed by atoms with Crippen molar-refractivity contribution in [3.8, 4) is 0 Å². The van der Waals surface area contributed by atoms with Gasteiger partial charge in [0.2, 0.25) is 0 Å². The van der Waals surface area contributed by atoms with E-state index < -0.39 is 0 Å². The number of rotatable bonds is 0. The number of hydrogen-bond donors (Lipinski definition) is 0. The molecule has 0 nitrogen and oxygen atoms in total. The molecular weight excluding hydrogens is 556 g/mol. The number of fused-ring (bicyclic) bond motifs is 8. The average molecular weight is 586 g/mol. The molecule has 1 atom stereocenters. The van der Waals surface area contributed by atoms with E-state index in [1.807, 2.05) is 0 Å². The van der Waals surface area contributed by atoms with Crippen molar-refractivity contribution in [1.29, 1.82) is 0 Å². The molecule has 2 heteroatoms. The van der Waals surface area contributed by atoms with Crippen molar-refractivity contribution in [2.75, 3.05) is 0 Å². The molecule has 6 rings (SSSR count). The van der Waals surface area contributed by atoms with E-state index in [1.165, 1.54) is 60.2 Å². The zero-order chi connectivity index (χ0) is 24.9. The van der Waals surface area contributed by atoms with Gasteiger partial charge >= 0.3 is 0 Å². The predicted molar refractivity (Wildman–Crippen MR) is 158 cm³/mol. The molecule has 0 radical (unpaired) electrons. The molecule has 0 amide bonds. The van der Waals surface area contributed by atoms with E-state index in [2.05, 4.69) is 146 Å². The van der Waals surface area contributed by atoms with Crippen LogP contribution < -0.4 is 0 Å². The summed E-state index contributed by atoms with van der Waals surface area (Å²) in [4.78, 5) is 0. The van der Waals surface area contributed by atoms with Crippen molar-refractivity contribution in [1.82, 2.24) is 0 Å². The summed E-state index contributed by atoms with van der Waals surface area (Å²) in [5.74, 6) is 0. The topological polar surface area (TPSA) is 0 Å². The van der Waals surface area contributed by atoms with Crippen LogP contribution in [-0.2, 0) is 5.41 Å². The van der Waals surface area contributed by atoms with E-state index in [-0.39, 0.29) is 16.2 Å². The van der Waals surface area contributed by atoms with E-state index >= 15 is 0 Å². The van der Waals surface area contributed by atoms with E-state index in [0.717, 1.165) is 4.47 Å². The van der Waals surface area contributed by atoms with Gasteiger partial charge in [0, 0.05) is 8.96 Å². The Morgan fingerprint density at radius 2 is 1.20 bits per heavy atom. The average Bonchev–Trinajstić information content (AvgIpc) is 3.33. The van der Waals surface area contributed by atoms with Gasteiger partial charge in [-0.05, 0) is 96.9 Å². The molecule has 0 saturated heterocycles. The van der Waals surface area contributed by atoms with Crippen LogP contribution in [0.4, 0.5) is 0 Å². The minimum Gasteiger partial charge on any atom is -0.0603 e. The molecule has 0 aromatic heterocycles. The minimum absolute atomic E-state index is 0.0142. The van der Waals surface area contributed by atoms with Gasteiger partial charge < -0.3 is 0 Å². The Balaban J connectivity index is 1.65. The highest BCUT2D eigenvalue weighted by atomic mass is 79.9. The largest absolute Gasteiger partial charge is 0.0747 e. The van der Waals surface area contributed by atoms with Gasteiger partial charge in [-0.15, -0.1) is 0 Å². The van der Waals surface area contributed by atoms with Crippen molar-refractivity contribution in [2.24, 2.45) is 10.8 Å². The summed E-state index contributed by atoms with van der Waals surface area (Å²) in [6.45, 7) is 13.9. The van der Waals surface area contributed by atoms with Crippen LogP contribution in [0.15, 0.2) is 86.4 Å². The van der Waals surface area contributed by atoms with Gasteiger partial charge in [-0.25, -0.2) is 0 Å². The van der Waals surface area contributed by atoms with Crippen molar-refractivity contribution in [3.05, 3.63) is 114 Å². The van der Waals surface area contributed by atoms with Crippen LogP contribution >= 0.6 is 31.9 Å². The van der Waals surface area contributed by atoms with Gasteiger partial charge in [-0.2, -0.15) is 0 Å². The molecule has 4 aliphatic rings. The zero-order valence-corrected chi connectivity index (χ0v) is 24.4. The normalized spacial score (nSPS) is 22.3. The third-order valence-electron chi connectivity index (χ3n) is 7.88. The van der Waals surface area contributed by atoms with Gasteiger partial charge in [0.1, 0.15) is 0 Å². The molecule has 0 bridgehead atoms. The smallest absolute Gasteiger partial charge is 0.0603 e. The SMILES string of the molecule is CC(C)(C)C1=CC=C2C(=Cc3cc(C(C)(C)C)ccc32)C12C(Br)=CC=C1C2=Cc2cc(Br)ccc21. The first-order chi connectivity index (χ1) is 16.4. The summed E-state index contributed by atoms with van der Waals surface area (Å²) in [6, 6.07) is 13.7. The van der Waals surface area contributed by atoms with Crippen molar-refractivity contribution >= 4 is 55.2 Å². The lowest BCUT2D eigenvalue weighted by molar-refractivity contribution is 0.426. The van der Waals surface area contributed by atoms with Crippen LogP contribution in [0, 0.1) is 10.8 Å². The molecular formula is C33H30Br2. The van der Waals surface area contributed by atoms with Crippen molar-refractivity contribution in [2.45, 2.75) is 47.0 Å². The van der Waals surface area contributed by atoms with Gasteiger partial charge in [-0.1, -0.05) is 116 Å². The molecule has 1 spiro atoms. The molecule has 0 N–H and O–H groups in total. The number of halogens is 2. The second-order valence-electron chi connectivity index (χ2n) is 12.2. The lowest BCUT2D eigenvalue weighted by atomic mass is 9.56. The summed E-state index contributed by atoms with van der Waals surface area (Å²) in [7, 11) is 0. The quantitative estimate of drug-likeness (QED) is 0.288. The van der Waals surface area contributed by atoms with Crippen LogP contribution in [0.25, 0.3) is 23.3 Å². The van der Waals surface area contributed by atoms with Crippen LogP contribution in [0.1, 0.15) is 69.4 Å². The summed E-state index contributed by atoms with van der Waals surface area (Å²) in [5.41, 5.74) is 13.3. The van der Waals surface area contributed by atoms with Gasteiger partial charge in [-0.3, -0.25) is 0 Å². The number of benzene rings is 2. The number of hydrogen-bond acceptors (Lipinski definition) is 0. The predicted octanol–water partition coefficient (Wildman–Crippen LogP) is 10.3. The second kappa shape index (κ2) is 7.43. The lowest BCUT2D eigenvalue weighted by Crippen LogP contribution is -2.37. The first-order valence-corrected chi connectivity index (χ1v) is 13.9. The molecule has 0 aliphatic heterocycles. The Hall–Kier alpha value is -2.16. The molecule has 0 saturated carbocycles. The molecule has 0 fully saturated rings. The molecule has 0 heterocycles. The van der Waals surface area contributed by atoms with Crippen LogP contribution in [-0.4, -0.2) is 0 Å². The molecule has 4 aliphatic carbocycles. The summed E-state index contributed by atoms with van der Waals surface area (Å²) >= 11 is 7.81. The Kier molecular flexibility index (Phi) is 4.94. The fraction of sp³-hybridized carbons (Fsp3) is 0.273. The Morgan fingerprint density at radius 3 is 1.80 bits per heavy atom. The lowest BCUT2D eigenvalue weighted by Gasteiger charge is -2.48. The molecule has 2 aromatic rings. The Bertz CT molecular complexity index is 1500. The molecule has 35 heavy (non-hydrogen) atoms. The van der Waals surface area contributed by atoms with Gasteiger partial charge in [0.25, 0.3) is 0 Å². The fourth-order valence-electron chi connectivity index (χ4n) is 6.24. The standard InChI is InChI=1S/C33H30Br2/c1-31(2,3)21-7-9-23-19(15-21)17-27-25(23)11-13-29(32(4,5)6)33(27)28-18-20-16-22(34)8-10-24(20)26(28)12-14-30(33)35/h7-18H,1-6H3. The minimum atomic E-state index is -0.348. The highest BCUT2D eigenvalue weighted by molar-refractivity contribution is 9.11. The van der Waals surface area contributed by atoms with Gasteiger partial charge in [0.15, 0.2) is 0 Å². The van der Waals surface area contributed by atoms with E-state index in [0.29, 0.717) is 0 Å². The maximum Gasteiger partial charge on any atom is 0.0747 e. The number of allylic oxidation sites excluding steroid dienone is 10.